The lowest BCUT2D eigenvalue weighted by Gasteiger charge is -2.23. The molecule has 0 aliphatic carbocycles. The minimum Gasteiger partial charge on any atom is -0.457 e. The second-order valence-corrected chi connectivity index (χ2v) is 5.33. The number of rotatable bonds is 10. The number of hydrogen-bond acceptors (Lipinski definition) is 8. The van der Waals surface area contributed by atoms with Crippen LogP contribution in [0.3, 0.4) is 0 Å². The van der Waals surface area contributed by atoms with Crippen molar-refractivity contribution < 1.29 is 39.4 Å². The normalized spacial score (nSPS) is 13.1. The van der Waals surface area contributed by atoms with Gasteiger partial charge in [-0.15, -0.1) is 0 Å². The fourth-order valence-electron chi connectivity index (χ4n) is 1.53. The third-order valence-electron chi connectivity index (χ3n) is 2.39. The number of carbonyl (C=O) groups excluding carboxylic acids is 2. The van der Waals surface area contributed by atoms with Gasteiger partial charge < -0.3 is 20.1 Å². The van der Waals surface area contributed by atoms with Crippen molar-refractivity contribution in [1.29, 1.82) is 0 Å². The van der Waals surface area contributed by atoms with Gasteiger partial charge in [-0.3, -0.25) is 9.68 Å². The molecular weight excluding hydrogens is 284 g/mol. The van der Waals surface area contributed by atoms with Crippen LogP contribution in [0.25, 0.3) is 0 Å². The minimum absolute atomic E-state index is 0.254. The highest BCUT2D eigenvalue weighted by Crippen LogP contribution is 2.17. The number of hydrogen-bond donors (Lipinski definition) is 3. The molecule has 8 nitrogen and oxygen atoms in total. The summed E-state index contributed by atoms with van der Waals surface area (Å²) >= 11 is 0. The van der Waals surface area contributed by atoms with Crippen LogP contribution in [0.4, 0.5) is 0 Å². The molecule has 0 bridgehead atoms. The standard InChI is InChI=1S/C13H24O8/c1-9(16)6-13(2,3)21-20-12(18)5-4-11(17)19-10(7-14)8-15/h9-10,14-16H,4-8H2,1-3H3. The zero-order chi connectivity index (χ0) is 16.5. The first-order valence-electron chi connectivity index (χ1n) is 6.68. The van der Waals surface area contributed by atoms with Crippen molar-refractivity contribution in [2.45, 2.75) is 57.8 Å². The third kappa shape index (κ3) is 10.2. The largest absolute Gasteiger partial charge is 0.457 e. The van der Waals surface area contributed by atoms with Gasteiger partial charge in [-0.1, -0.05) is 0 Å². The monoisotopic (exact) mass is 308 g/mol. The first kappa shape index (κ1) is 19.8. The lowest BCUT2D eigenvalue weighted by Crippen LogP contribution is -2.30. The van der Waals surface area contributed by atoms with Crippen LogP contribution in [-0.4, -0.2) is 58.3 Å². The summed E-state index contributed by atoms with van der Waals surface area (Å²) in [7, 11) is 0. The minimum atomic E-state index is -0.991. The SMILES string of the molecule is CC(O)CC(C)(C)OOC(=O)CCC(=O)OC(CO)CO. The summed E-state index contributed by atoms with van der Waals surface area (Å²) < 4.78 is 4.68. The average molecular weight is 308 g/mol. The lowest BCUT2D eigenvalue weighted by molar-refractivity contribution is -0.328. The highest BCUT2D eigenvalue weighted by atomic mass is 17.2. The van der Waals surface area contributed by atoms with Gasteiger partial charge in [0.15, 0.2) is 0 Å². The number of aliphatic hydroxyl groups excluding tert-OH is 3. The molecule has 0 rings (SSSR count). The molecule has 1 unspecified atom stereocenters. The van der Waals surface area contributed by atoms with E-state index in [1.54, 1.807) is 20.8 Å². The molecule has 124 valence electrons. The Morgan fingerprint density at radius 2 is 1.62 bits per heavy atom. The molecule has 21 heavy (non-hydrogen) atoms. The van der Waals surface area contributed by atoms with Gasteiger partial charge >= 0.3 is 11.9 Å². The van der Waals surface area contributed by atoms with Crippen LogP contribution < -0.4 is 0 Å². The molecule has 0 aromatic rings. The Hall–Kier alpha value is -1.22. The van der Waals surface area contributed by atoms with E-state index in [1.807, 2.05) is 0 Å². The van der Waals surface area contributed by atoms with Crippen LogP contribution in [0, 0.1) is 0 Å². The summed E-state index contributed by atoms with van der Waals surface area (Å²) in [5.74, 6) is -1.49. The molecular formula is C13H24O8. The van der Waals surface area contributed by atoms with Crippen LogP contribution >= 0.6 is 0 Å². The summed E-state index contributed by atoms with van der Waals surface area (Å²) in [5, 5.41) is 26.7. The lowest BCUT2D eigenvalue weighted by atomic mass is 10.0. The molecule has 0 spiro atoms. The first-order chi connectivity index (χ1) is 9.70. The summed E-state index contributed by atoms with van der Waals surface area (Å²) in [4.78, 5) is 32.2. The van der Waals surface area contributed by atoms with Crippen LogP contribution in [0.1, 0.15) is 40.0 Å². The Morgan fingerprint density at radius 3 is 2.10 bits per heavy atom. The Morgan fingerprint density at radius 1 is 1.10 bits per heavy atom. The molecule has 0 fully saturated rings. The molecule has 0 saturated carbocycles. The second kappa shape index (κ2) is 9.67. The number of esters is 1. The van der Waals surface area contributed by atoms with E-state index in [0.717, 1.165) is 0 Å². The Bertz CT molecular complexity index is 322. The highest BCUT2D eigenvalue weighted by Gasteiger charge is 2.24. The van der Waals surface area contributed by atoms with Crippen molar-refractivity contribution in [2.24, 2.45) is 0 Å². The molecule has 0 radical (unpaired) electrons. The van der Waals surface area contributed by atoms with Crippen molar-refractivity contribution in [2.75, 3.05) is 13.2 Å². The number of aliphatic hydroxyl groups is 3. The third-order valence-corrected chi connectivity index (χ3v) is 2.39. The topological polar surface area (TPSA) is 123 Å². The molecule has 0 aliphatic rings. The van der Waals surface area contributed by atoms with Gasteiger partial charge in [-0.25, -0.2) is 4.79 Å². The smallest absolute Gasteiger partial charge is 0.342 e. The van der Waals surface area contributed by atoms with Gasteiger partial charge in [0.1, 0.15) is 11.7 Å². The number of carbonyl (C=O) groups is 2. The molecule has 3 N–H and O–H groups in total. The molecule has 0 saturated heterocycles. The Kier molecular flexibility index (Phi) is 9.11. The maximum Gasteiger partial charge on any atom is 0.342 e. The second-order valence-electron chi connectivity index (χ2n) is 5.33. The zero-order valence-corrected chi connectivity index (χ0v) is 12.6. The van der Waals surface area contributed by atoms with Crippen molar-refractivity contribution in [3.05, 3.63) is 0 Å². The van der Waals surface area contributed by atoms with E-state index in [0.29, 0.717) is 0 Å². The molecule has 0 aliphatic heterocycles. The van der Waals surface area contributed by atoms with Gasteiger partial charge in [-0.2, -0.15) is 4.89 Å². The number of ether oxygens (including phenoxy) is 1. The van der Waals surface area contributed by atoms with Crippen molar-refractivity contribution >= 4 is 11.9 Å². The van der Waals surface area contributed by atoms with Crippen LogP contribution in [-0.2, 0) is 24.1 Å². The van der Waals surface area contributed by atoms with Gasteiger partial charge in [-0.05, 0) is 20.8 Å². The molecule has 0 aromatic heterocycles. The fourth-order valence-corrected chi connectivity index (χ4v) is 1.53. The average Bonchev–Trinajstić information content (AvgIpc) is 2.38. The molecule has 1 atom stereocenters. The van der Waals surface area contributed by atoms with E-state index in [2.05, 4.69) is 9.62 Å². The van der Waals surface area contributed by atoms with Crippen molar-refractivity contribution in [3.8, 4) is 0 Å². The highest BCUT2D eigenvalue weighted by molar-refractivity contribution is 5.77. The van der Waals surface area contributed by atoms with Crippen molar-refractivity contribution in [1.82, 2.24) is 0 Å². The Labute approximate surface area is 123 Å². The van der Waals surface area contributed by atoms with E-state index < -0.39 is 43.0 Å². The van der Waals surface area contributed by atoms with E-state index in [-0.39, 0.29) is 19.3 Å². The van der Waals surface area contributed by atoms with E-state index in [4.69, 9.17) is 15.1 Å². The molecule has 8 heteroatoms. The van der Waals surface area contributed by atoms with E-state index in [9.17, 15) is 14.7 Å². The molecule has 0 amide bonds. The van der Waals surface area contributed by atoms with Crippen LogP contribution in [0.5, 0.6) is 0 Å². The predicted molar refractivity (Wildman–Crippen MR) is 70.8 cm³/mol. The maximum absolute atomic E-state index is 11.4. The van der Waals surface area contributed by atoms with Gasteiger partial charge in [0.25, 0.3) is 0 Å². The first-order valence-corrected chi connectivity index (χ1v) is 6.68. The predicted octanol–water partition coefficient (Wildman–Crippen LogP) is -0.313. The van der Waals surface area contributed by atoms with Gasteiger partial charge in [0.05, 0.1) is 32.2 Å². The molecule has 0 aromatic carbocycles. The summed E-state index contributed by atoms with van der Waals surface area (Å²) in [6, 6.07) is 0. The zero-order valence-electron chi connectivity index (χ0n) is 12.6. The quantitative estimate of drug-likeness (QED) is 0.285. The van der Waals surface area contributed by atoms with Crippen LogP contribution in [0.15, 0.2) is 0 Å². The maximum atomic E-state index is 11.4. The van der Waals surface area contributed by atoms with Crippen molar-refractivity contribution in [3.63, 3.8) is 0 Å². The van der Waals surface area contributed by atoms with E-state index in [1.165, 1.54) is 0 Å². The van der Waals surface area contributed by atoms with E-state index >= 15 is 0 Å². The summed E-state index contributed by atoms with van der Waals surface area (Å²) in [6.45, 7) is 3.89. The summed E-state index contributed by atoms with van der Waals surface area (Å²) in [6.07, 6.45) is -1.84. The van der Waals surface area contributed by atoms with Gasteiger partial charge in [0, 0.05) is 6.42 Å². The van der Waals surface area contributed by atoms with Gasteiger partial charge in [0.2, 0.25) is 0 Å². The summed E-state index contributed by atoms with van der Waals surface area (Å²) in [5.41, 5.74) is -0.844. The fraction of sp³-hybridized carbons (Fsp3) is 0.846. The molecule has 0 heterocycles. The Balaban J connectivity index is 3.97. The van der Waals surface area contributed by atoms with Crippen LogP contribution in [0.2, 0.25) is 0 Å².